The fourth-order valence-corrected chi connectivity index (χ4v) is 0.803. The van der Waals surface area contributed by atoms with Gasteiger partial charge in [-0.05, 0) is 6.92 Å². The maximum atomic E-state index is 10.6. The molecule has 0 saturated heterocycles. The molecular formula is C3H21O16P3. The zero-order valence-electron chi connectivity index (χ0n) is 11.1. The molecule has 144 valence electrons. The highest BCUT2D eigenvalue weighted by atomic mass is 31.2. The molecule has 16 nitrogen and oxygen atoms in total. The van der Waals surface area contributed by atoms with Gasteiger partial charge in [-0.2, -0.15) is 0 Å². The average molecular weight is 406 g/mol. The second kappa shape index (κ2) is 17.5. The maximum Gasteiger partial charge on any atom is 0.501 e. The van der Waals surface area contributed by atoms with Gasteiger partial charge in [0.25, 0.3) is 0 Å². The molecule has 1 atom stereocenters. The van der Waals surface area contributed by atoms with Crippen LogP contribution in [0.25, 0.3) is 0 Å². The molecule has 0 rings (SSSR count). The third kappa shape index (κ3) is 71.7. The maximum absolute atomic E-state index is 10.6. The molecule has 0 aromatic carbocycles. The van der Waals surface area contributed by atoms with E-state index < -0.39 is 23.5 Å². The van der Waals surface area contributed by atoms with Crippen molar-refractivity contribution in [2.45, 2.75) is 6.92 Å². The Bertz CT molecular complexity index is 296. The molecule has 0 aromatic rings. The SMILES string of the molecule is CCOP(=O)(OC)OO.O.O.O.O=P(O)(O)O.O=P(O)(O)O. The van der Waals surface area contributed by atoms with Gasteiger partial charge in [-0.1, -0.05) is 0 Å². The molecule has 22 heavy (non-hydrogen) atoms. The number of hydrogen-bond donors (Lipinski definition) is 7. The van der Waals surface area contributed by atoms with E-state index in [4.69, 9.17) is 43.7 Å². The predicted molar refractivity (Wildman–Crippen MR) is 69.3 cm³/mol. The van der Waals surface area contributed by atoms with Gasteiger partial charge >= 0.3 is 23.5 Å². The second-order valence-corrected chi connectivity index (χ2v) is 5.89. The Hall–Kier alpha value is 0.170. The molecule has 0 fully saturated rings. The minimum Gasteiger partial charge on any atom is -0.412 e. The topological polar surface area (TPSA) is 315 Å². The first-order chi connectivity index (χ1) is 8.18. The quantitative estimate of drug-likeness (QED) is 0.139. The van der Waals surface area contributed by atoms with E-state index in [1.165, 1.54) is 0 Å². The lowest BCUT2D eigenvalue weighted by atomic mass is 10.9. The first-order valence-corrected chi connectivity index (χ1v) is 8.47. The highest BCUT2D eigenvalue weighted by Crippen LogP contribution is 2.46. The Labute approximate surface area is 123 Å². The molecule has 0 bridgehead atoms. The molecule has 0 radical (unpaired) electrons. The van der Waals surface area contributed by atoms with Gasteiger partial charge < -0.3 is 45.8 Å². The van der Waals surface area contributed by atoms with Crippen molar-refractivity contribution in [2.24, 2.45) is 0 Å². The molecule has 0 saturated carbocycles. The second-order valence-electron chi connectivity index (χ2n) is 2.16. The van der Waals surface area contributed by atoms with Crippen LogP contribution in [0, 0.1) is 0 Å². The largest absolute Gasteiger partial charge is 0.501 e. The van der Waals surface area contributed by atoms with Gasteiger partial charge in [0.15, 0.2) is 0 Å². The van der Waals surface area contributed by atoms with Crippen LogP contribution in [-0.2, 0) is 27.4 Å². The highest BCUT2D eigenvalue weighted by molar-refractivity contribution is 7.48. The Morgan fingerprint density at radius 2 is 1.05 bits per heavy atom. The molecule has 0 amide bonds. The van der Waals surface area contributed by atoms with Gasteiger partial charge in [0.2, 0.25) is 0 Å². The van der Waals surface area contributed by atoms with Crippen LogP contribution >= 0.6 is 23.5 Å². The van der Waals surface area contributed by atoms with Crippen LogP contribution in [0.5, 0.6) is 0 Å². The van der Waals surface area contributed by atoms with Crippen molar-refractivity contribution >= 4 is 23.5 Å². The lowest BCUT2D eigenvalue weighted by molar-refractivity contribution is -0.164. The van der Waals surface area contributed by atoms with Gasteiger partial charge in [-0.25, -0.2) is 19.0 Å². The van der Waals surface area contributed by atoms with Crippen LogP contribution in [0.4, 0.5) is 0 Å². The van der Waals surface area contributed by atoms with Crippen LogP contribution < -0.4 is 0 Å². The third-order valence-electron chi connectivity index (χ3n) is 0.611. The molecule has 19 heteroatoms. The zero-order chi connectivity index (χ0) is 16.3. The minimum atomic E-state index is -4.64. The van der Waals surface area contributed by atoms with Gasteiger partial charge in [-0.15, -0.1) is 4.67 Å². The van der Waals surface area contributed by atoms with Crippen molar-refractivity contribution in [3.63, 3.8) is 0 Å². The van der Waals surface area contributed by atoms with E-state index in [1.807, 2.05) is 0 Å². The number of phosphoric ester groups is 1. The van der Waals surface area contributed by atoms with Crippen LogP contribution in [0.15, 0.2) is 0 Å². The first kappa shape index (κ1) is 38.0. The van der Waals surface area contributed by atoms with Crippen LogP contribution in [-0.4, -0.2) is 64.8 Å². The summed E-state index contributed by atoms with van der Waals surface area (Å²) in [6.07, 6.45) is 0. The Balaban J connectivity index is -0.0000000434. The summed E-state index contributed by atoms with van der Waals surface area (Å²) in [7, 11) is -11.8. The molecule has 0 aliphatic rings. The number of phosphoric acid groups is 3. The van der Waals surface area contributed by atoms with Crippen LogP contribution in [0.1, 0.15) is 6.92 Å². The summed E-state index contributed by atoms with van der Waals surface area (Å²) in [6.45, 7) is 1.76. The van der Waals surface area contributed by atoms with Crippen molar-refractivity contribution in [1.29, 1.82) is 0 Å². The average Bonchev–Trinajstić information content (AvgIpc) is 2.13. The van der Waals surface area contributed by atoms with E-state index in [1.54, 1.807) is 6.92 Å². The summed E-state index contributed by atoms with van der Waals surface area (Å²) >= 11 is 0. The van der Waals surface area contributed by atoms with Gasteiger partial charge in [0, 0.05) is 7.11 Å². The summed E-state index contributed by atoms with van der Waals surface area (Å²) in [4.78, 5) is 43.1. The lowest BCUT2D eigenvalue weighted by Gasteiger charge is -2.08. The van der Waals surface area contributed by atoms with E-state index in [-0.39, 0.29) is 23.0 Å². The summed E-state index contributed by atoms with van der Waals surface area (Å²) in [5, 5.41) is 7.90. The summed E-state index contributed by atoms with van der Waals surface area (Å²) in [6, 6.07) is 0. The van der Waals surface area contributed by atoms with E-state index in [0.29, 0.717) is 0 Å². The van der Waals surface area contributed by atoms with Crippen LogP contribution in [0.2, 0.25) is 0 Å². The third-order valence-corrected chi connectivity index (χ3v) is 1.83. The van der Waals surface area contributed by atoms with E-state index in [0.717, 1.165) is 7.11 Å². The molecule has 13 N–H and O–H groups in total. The van der Waals surface area contributed by atoms with E-state index >= 15 is 0 Å². The smallest absolute Gasteiger partial charge is 0.412 e. The van der Waals surface area contributed by atoms with E-state index in [9.17, 15) is 4.57 Å². The molecule has 0 aliphatic heterocycles. The molecule has 1 unspecified atom stereocenters. The van der Waals surface area contributed by atoms with Crippen molar-refractivity contribution in [3.8, 4) is 0 Å². The van der Waals surface area contributed by atoms with Crippen LogP contribution in [0.3, 0.4) is 0 Å². The van der Waals surface area contributed by atoms with E-state index in [2.05, 4.69) is 13.7 Å². The molecule has 0 heterocycles. The standard InChI is InChI=1S/C3H9O5P.2H3O4P.3H2O/c1-3-7-9(5,6-2)8-4;2*1-5(2,3)4;;;/h4H,3H2,1-2H3;2*(H3,1,2,3,4);3*1H2. The molecule has 0 aromatic heterocycles. The lowest BCUT2D eigenvalue weighted by Crippen LogP contribution is -1.93. The van der Waals surface area contributed by atoms with Crippen molar-refractivity contribution in [2.75, 3.05) is 13.7 Å². The number of hydrogen-bond acceptors (Lipinski definition) is 7. The van der Waals surface area contributed by atoms with Gasteiger partial charge in [0.1, 0.15) is 0 Å². The predicted octanol–water partition coefficient (Wildman–Crippen LogP) is -3.06. The fraction of sp³-hybridized carbons (Fsp3) is 1.00. The summed E-state index contributed by atoms with van der Waals surface area (Å²) in [5.41, 5.74) is 0. The van der Waals surface area contributed by atoms with Crippen molar-refractivity contribution in [1.82, 2.24) is 0 Å². The highest BCUT2D eigenvalue weighted by Gasteiger charge is 2.23. The molecule has 0 aliphatic carbocycles. The zero-order valence-corrected chi connectivity index (χ0v) is 13.8. The first-order valence-electron chi connectivity index (χ1n) is 3.88. The summed E-state index contributed by atoms with van der Waals surface area (Å²) in [5.74, 6) is 0. The Morgan fingerprint density at radius 1 is 0.818 bits per heavy atom. The Morgan fingerprint density at radius 3 is 1.09 bits per heavy atom. The number of rotatable bonds is 4. The monoisotopic (exact) mass is 406 g/mol. The Kier molecular flexibility index (Phi) is 30.3. The summed E-state index contributed by atoms with van der Waals surface area (Å²) < 4.78 is 40.4. The molecular weight excluding hydrogens is 385 g/mol. The fourth-order valence-electron chi connectivity index (χ4n) is 0.268. The van der Waals surface area contributed by atoms with Gasteiger partial charge in [0.05, 0.1) is 6.61 Å². The normalized spacial score (nSPS) is 12.4. The van der Waals surface area contributed by atoms with Crippen molar-refractivity contribution in [3.05, 3.63) is 0 Å². The van der Waals surface area contributed by atoms with Crippen molar-refractivity contribution < 1.29 is 78.5 Å². The minimum absolute atomic E-state index is 0. The van der Waals surface area contributed by atoms with Gasteiger partial charge in [-0.3, -0.25) is 9.05 Å². The molecule has 0 spiro atoms.